The Hall–Kier alpha value is -1.52. The highest BCUT2D eigenvalue weighted by atomic mass is 35.5. The molecule has 0 aliphatic rings. The van der Waals surface area contributed by atoms with Crippen LogP contribution in [0.1, 0.15) is 31.1 Å². The molecule has 122 valence electrons. The first-order chi connectivity index (χ1) is 10.2. The lowest BCUT2D eigenvalue weighted by Gasteiger charge is -2.17. The number of para-hydroxylation sites is 1. The zero-order chi connectivity index (χ0) is 15.2. The van der Waals surface area contributed by atoms with E-state index in [9.17, 15) is 4.79 Å². The summed E-state index contributed by atoms with van der Waals surface area (Å²) in [5, 5.41) is 4.02. The number of likely N-dealkylation sites (N-methyl/N-ethyl adjacent to an activating group) is 2. The number of amides is 1. The summed E-state index contributed by atoms with van der Waals surface area (Å²) in [7, 11) is 3.62. The van der Waals surface area contributed by atoms with Gasteiger partial charge in [-0.3, -0.25) is 4.79 Å². The molecule has 0 saturated heterocycles. The maximum atomic E-state index is 12.0. The average Bonchev–Trinajstić information content (AvgIpc) is 2.83. The van der Waals surface area contributed by atoms with Gasteiger partial charge in [0.2, 0.25) is 5.91 Å². The number of hydrogen-bond donors (Lipinski definition) is 1. The molecule has 0 saturated carbocycles. The Morgan fingerprint density at radius 3 is 2.73 bits per heavy atom. The van der Waals surface area contributed by atoms with Gasteiger partial charge in [0.15, 0.2) is 0 Å². The van der Waals surface area contributed by atoms with Gasteiger partial charge >= 0.3 is 0 Å². The van der Waals surface area contributed by atoms with Crippen LogP contribution in [-0.2, 0) is 17.8 Å². The van der Waals surface area contributed by atoms with E-state index in [2.05, 4.69) is 18.3 Å². The highest BCUT2D eigenvalue weighted by Crippen LogP contribution is 2.28. The fourth-order valence-electron chi connectivity index (χ4n) is 2.47. The average molecular weight is 325 g/mol. The van der Waals surface area contributed by atoms with Gasteiger partial charge in [-0.25, -0.2) is 0 Å². The van der Waals surface area contributed by atoms with E-state index in [1.807, 2.05) is 25.2 Å². The molecule has 1 N–H and O–H groups in total. The number of rotatable bonds is 7. The normalized spacial score (nSPS) is 10.5. The maximum absolute atomic E-state index is 12.0. The molecule has 22 heavy (non-hydrogen) atoms. The summed E-state index contributed by atoms with van der Waals surface area (Å²) < 4.78 is 5.99. The van der Waals surface area contributed by atoms with Crippen molar-refractivity contribution in [2.75, 3.05) is 20.6 Å². The van der Waals surface area contributed by atoms with E-state index >= 15 is 0 Å². The molecule has 0 atom stereocenters. The predicted molar refractivity (Wildman–Crippen MR) is 92.5 cm³/mol. The van der Waals surface area contributed by atoms with Crippen LogP contribution in [-0.4, -0.2) is 31.4 Å². The predicted octanol–water partition coefficient (Wildman–Crippen LogP) is 3.38. The Morgan fingerprint density at radius 2 is 2.05 bits per heavy atom. The van der Waals surface area contributed by atoms with Crippen LogP contribution < -0.4 is 5.32 Å². The second-order valence-electron chi connectivity index (χ2n) is 5.38. The lowest BCUT2D eigenvalue weighted by atomic mass is 10.1. The van der Waals surface area contributed by atoms with Crippen molar-refractivity contribution in [1.29, 1.82) is 0 Å². The Morgan fingerprint density at radius 1 is 1.32 bits per heavy atom. The number of unbranched alkanes of at least 4 members (excludes halogenated alkanes) is 1. The zero-order valence-corrected chi connectivity index (χ0v) is 14.3. The van der Waals surface area contributed by atoms with Gasteiger partial charge in [0.05, 0.1) is 6.54 Å². The molecule has 1 aromatic heterocycles. The Labute approximate surface area is 138 Å². The molecule has 2 aromatic rings. The minimum atomic E-state index is 0. The number of nitrogens with zero attached hydrogens (tertiary/aromatic N) is 1. The van der Waals surface area contributed by atoms with E-state index in [1.54, 1.807) is 11.9 Å². The highest BCUT2D eigenvalue weighted by Gasteiger charge is 2.17. The van der Waals surface area contributed by atoms with Gasteiger partial charge in [-0.1, -0.05) is 31.5 Å². The van der Waals surface area contributed by atoms with Crippen molar-refractivity contribution < 1.29 is 9.21 Å². The molecular formula is C17H25ClN2O2. The molecule has 4 nitrogen and oxygen atoms in total. The Kier molecular flexibility index (Phi) is 7.42. The molecule has 1 aromatic carbocycles. The van der Waals surface area contributed by atoms with Crippen LogP contribution in [0.5, 0.6) is 0 Å². The molecule has 0 unspecified atom stereocenters. The van der Waals surface area contributed by atoms with Gasteiger partial charge in [0.1, 0.15) is 11.3 Å². The fraction of sp³-hybridized carbons (Fsp3) is 0.471. The van der Waals surface area contributed by atoms with Crippen molar-refractivity contribution in [3.8, 4) is 0 Å². The van der Waals surface area contributed by atoms with Crippen molar-refractivity contribution in [3.63, 3.8) is 0 Å². The summed E-state index contributed by atoms with van der Waals surface area (Å²) in [6.45, 7) is 3.12. The van der Waals surface area contributed by atoms with Gasteiger partial charge in [-0.15, -0.1) is 12.4 Å². The number of carbonyl (C=O) groups is 1. The van der Waals surface area contributed by atoms with Crippen molar-refractivity contribution in [3.05, 3.63) is 35.6 Å². The lowest BCUT2D eigenvalue weighted by molar-refractivity contribution is -0.129. The fourth-order valence-corrected chi connectivity index (χ4v) is 2.47. The molecule has 0 aliphatic carbocycles. The quantitative estimate of drug-likeness (QED) is 0.849. The monoisotopic (exact) mass is 324 g/mol. The largest absolute Gasteiger partial charge is 0.461 e. The highest BCUT2D eigenvalue weighted by molar-refractivity contribution is 5.85. The molecule has 5 heteroatoms. The number of nitrogens with one attached hydrogen (secondary N) is 1. The van der Waals surface area contributed by atoms with Crippen LogP contribution in [0.4, 0.5) is 0 Å². The van der Waals surface area contributed by atoms with Crippen LogP contribution in [0.25, 0.3) is 11.0 Å². The van der Waals surface area contributed by atoms with Crippen molar-refractivity contribution in [2.24, 2.45) is 0 Å². The van der Waals surface area contributed by atoms with Crippen molar-refractivity contribution >= 4 is 29.3 Å². The summed E-state index contributed by atoms with van der Waals surface area (Å²) in [6.07, 6.45) is 3.15. The Bertz CT molecular complexity index is 610. The topological polar surface area (TPSA) is 45.5 Å². The van der Waals surface area contributed by atoms with E-state index < -0.39 is 0 Å². The van der Waals surface area contributed by atoms with E-state index in [4.69, 9.17) is 4.42 Å². The van der Waals surface area contributed by atoms with Crippen molar-refractivity contribution in [2.45, 2.75) is 32.7 Å². The van der Waals surface area contributed by atoms with Crippen molar-refractivity contribution in [1.82, 2.24) is 10.2 Å². The van der Waals surface area contributed by atoms with Crippen LogP contribution in [0.3, 0.4) is 0 Å². The first-order valence-corrected chi connectivity index (χ1v) is 7.55. The van der Waals surface area contributed by atoms with Crippen LogP contribution in [0.2, 0.25) is 0 Å². The minimum absolute atomic E-state index is 0. The molecule has 1 amide bonds. The van der Waals surface area contributed by atoms with E-state index in [0.717, 1.165) is 41.6 Å². The van der Waals surface area contributed by atoms with Crippen LogP contribution >= 0.6 is 12.4 Å². The summed E-state index contributed by atoms with van der Waals surface area (Å²) >= 11 is 0. The first kappa shape index (κ1) is 18.5. The SMILES string of the molecule is CCCCc1oc2ccccc2c1CN(C)C(=O)CNC.Cl. The molecule has 0 aliphatic heterocycles. The van der Waals surface area contributed by atoms with Gasteiger partial charge in [-0.05, 0) is 19.5 Å². The summed E-state index contributed by atoms with van der Waals surface area (Å²) in [5.41, 5.74) is 2.05. The number of benzene rings is 1. The summed E-state index contributed by atoms with van der Waals surface area (Å²) in [4.78, 5) is 13.7. The van der Waals surface area contributed by atoms with Gasteiger partial charge < -0.3 is 14.6 Å². The van der Waals surface area contributed by atoms with Gasteiger partial charge in [-0.2, -0.15) is 0 Å². The lowest BCUT2D eigenvalue weighted by Crippen LogP contribution is -2.33. The third-order valence-electron chi connectivity index (χ3n) is 3.69. The summed E-state index contributed by atoms with van der Waals surface area (Å²) in [6, 6.07) is 8.05. The second-order valence-corrected chi connectivity index (χ2v) is 5.38. The van der Waals surface area contributed by atoms with E-state index in [-0.39, 0.29) is 18.3 Å². The van der Waals surface area contributed by atoms with Gasteiger partial charge in [0.25, 0.3) is 0 Å². The smallest absolute Gasteiger partial charge is 0.236 e. The molecule has 0 spiro atoms. The third kappa shape index (κ3) is 4.24. The van der Waals surface area contributed by atoms with Crippen LogP contribution in [0, 0.1) is 0 Å². The summed E-state index contributed by atoms with van der Waals surface area (Å²) in [5.74, 6) is 1.10. The van der Waals surface area contributed by atoms with E-state index in [1.165, 1.54) is 0 Å². The minimum Gasteiger partial charge on any atom is -0.461 e. The molecule has 0 bridgehead atoms. The second kappa shape index (κ2) is 8.81. The molecule has 2 rings (SSSR count). The first-order valence-electron chi connectivity index (χ1n) is 7.55. The number of halogens is 1. The third-order valence-corrected chi connectivity index (χ3v) is 3.69. The number of fused-ring (bicyclic) bond motifs is 1. The number of carbonyl (C=O) groups excluding carboxylic acids is 1. The molecule has 0 radical (unpaired) electrons. The maximum Gasteiger partial charge on any atom is 0.236 e. The van der Waals surface area contributed by atoms with E-state index in [0.29, 0.717) is 13.1 Å². The van der Waals surface area contributed by atoms with Gasteiger partial charge in [0, 0.05) is 31.0 Å². The molecule has 0 fully saturated rings. The number of hydrogen-bond acceptors (Lipinski definition) is 3. The zero-order valence-electron chi connectivity index (χ0n) is 13.5. The standard InChI is InChI=1S/C17H24N2O2.ClH/c1-4-5-9-16-14(12-19(3)17(20)11-18-2)13-8-6-7-10-15(13)21-16;/h6-8,10,18H,4-5,9,11-12H2,1-3H3;1H. The Balaban J connectivity index is 0.00000242. The molecule has 1 heterocycles. The number of furan rings is 1. The van der Waals surface area contributed by atoms with Crippen LogP contribution in [0.15, 0.2) is 28.7 Å². The molecular weight excluding hydrogens is 300 g/mol. The number of aryl methyl sites for hydroxylation is 1.